The fourth-order valence-electron chi connectivity index (χ4n) is 1.08. The Morgan fingerprint density at radius 3 is 2.73 bits per heavy atom. The summed E-state index contributed by atoms with van der Waals surface area (Å²) in [6.07, 6.45) is 1.84. The van der Waals surface area contributed by atoms with Crippen molar-refractivity contribution in [1.82, 2.24) is 0 Å². The highest BCUT2D eigenvalue weighted by Crippen LogP contribution is 2.10. The van der Waals surface area contributed by atoms with Gasteiger partial charge in [0.25, 0.3) is 0 Å². The Bertz CT molecular complexity index is 264. The lowest BCUT2D eigenvalue weighted by Crippen LogP contribution is -1.98. The third-order valence-corrected chi connectivity index (χ3v) is 1.82. The minimum Gasteiger partial charge on any atom is -0.326 e. The van der Waals surface area contributed by atoms with Crippen molar-refractivity contribution in [3.63, 3.8) is 0 Å². The van der Waals surface area contributed by atoms with E-state index in [4.69, 9.17) is 5.73 Å². The number of benzene rings is 1. The Labute approximate surface area is 67.5 Å². The van der Waals surface area contributed by atoms with E-state index in [0.717, 1.165) is 5.56 Å². The molecule has 0 fully saturated rings. The Kier molecular flexibility index (Phi) is 2.44. The molecule has 0 saturated heterocycles. The summed E-state index contributed by atoms with van der Waals surface area (Å²) in [6.45, 7) is 6.38. The Balaban J connectivity index is 3.09. The first-order valence-electron chi connectivity index (χ1n) is 3.70. The molecule has 11 heavy (non-hydrogen) atoms. The minimum atomic E-state index is 0.614. The van der Waals surface area contributed by atoms with Gasteiger partial charge in [0, 0.05) is 6.54 Å². The van der Waals surface area contributed by atoms with E-state index in [1.165, 1.54) is 11.1 Å². The number of hydrogen-bond donors (Lipinski definition) is 1. The zero-order valence-corrected chi connectivity index (χ0v) is 6.80. The molecule has 0 radical (unpaired) electrons. The number of hydrogen-bond acceptors (Lipinski definition) is 1. The topological polar surface area (TPSA) is 26.0 Å². The lowest BCUT2D eigenvalue weighted by molar-refractivity contribution is 1.05. The van der Waals surface area contributed by atoms with Gasteiger partial charge in [-0.2, -0.15) is 0 Å². The van der Waals surface area contributed by atoms with Crippen LogP contribution in [-0.2, 0) is 6.54 Å². The van der Waals surface area contributed by atoms with Gasteiger partial charge in [-0.25, -0.2) is 0 Å². The number of rotatable bonds is 2. The summed E-state index contributed by atoms with van der Waals surface area (Å²) in [5, 5.41) is 0. The van der Waals surface area contributed by atoms with Crippen LogP contribution in [0.4, 0.5) is 0 Å². The molecule has 0 atom stereocenters. The third-order valence-electron chi connectivity index (χ3n) is 1.82. The lowest BCUT2D eigenvalue weighted by atomic mass is 10.1. The van der Waals surface area contributed by atoms with Gasteiger partial charge >= 0.3 is 0 Å². The largest absolute Gasteiger partial charge is 0.326 e. The summed E-state index contributed by atoms with van der Waals surface area (Å²) in [5.41, 5.74) is 9.11. The van der Waals surface area contributed by atoms with E-state index in [9.17, 15) is 0 Å². The van der Waals surface area contributed by atoms with Crippen LogP contribution < -0.4 is 5.73 Å². The predicted octanol–water partition coefficient (Wildman–Crippen LogP) is 2.10. The molecule has 0 spiro atoms. The average molecular weight is 147 g/mol. The van der Waals surface area contributed by atoms with E-state index in [1.54, 1.807) is 0 Å². The molecule has 1 aromatic carbocycles. The van der Waals surface area contributed by atoms with E-state index in [-0.39, 0.29) is 0 Å². The SMILES string of the molecule is C=Cc1ccc(CN)c(C)c1. The second kappa shape index (κ2) is 3.35. The van der Waals surface area contributed by atoms with Crippen molar-refractivity contribution in [2.45, 2.75) is 13.5 Å². The Morgan fingerprint density at radius 1 is 1.55 bits per heavy atom. The van der Waals surface area contributed by atoms with Crippen molar-refractivity contribution >= 4 is 6.08 Å². The van der Waals surface area contributed by atoms with E-state index < -0.39 is 0 Å². The summed E-state index contributed by atoms with van der Waals surface area (Å²) in [4.78, 5) is 0. The molecule has 0 unspecified atom stereocenters. The molecular weight excluding hydrogens is 134 g/mol. The molecule has 0 aliphatic carbocycles. The predicted molar refractivity (Wildman–Crippen MR) is 49.2 cm³/mol. The fourth-order valence-corrected chi connectivity index (χ4v) is 1.08. The normalized spacial score (nSPS) is 9.64. The average Bonchev–Trinajstić information content (AvgIpc) is 2.04. The van der Waals surface area contributed by atoms with Gasteiger partial charge in [-0.05, 0) is 23.6 Å². The highest BCUT2D eigenvalue weighted by atomic mass is 14.5. The zero-order valence-electron chi connectivity index (χ0n) is 6.80. The van der Waals surface area contributed by atoms with Gasteiger partial charge in [-0.1, -0.05) is 30.9 Å². The number of aryl methyl sites for hydroxylation is 1. The van der Waals surface area contributed by atoms with Crippen molar-refractivity contribution in [3.8, 4) is 0 Å². The molecule has 0 saturated carbocycles. The second-order valence-electron chi connectivity index (χ2n) is 2.59. The van der Waals surface area contributed by atoms with Crippen molar-refractivity contribution in [1.29, 1.82) is 0 Å². The van der Waals surface area contributed by atoms with E-state index >= 15 is 0 Å². The molecule has 0 aromatic heterocycles. The monoisotopic (exact) mass is 147 g/mol. The first kappa shape index (κ1) is 8.02. The van der Waals surface area contributed by atoms with E-state index in [1.807, 2.05) is 18.2 Å². The minimum absolute atomic E-state index is 0.614. The van der Waals surface area contributed by atoms with Crippen LogP contribution in [0.2, 0.25) is 0 Å². The molecular formula is C10H13N. The van der Waals surface area contributed by atoms with Gasteiger partial charge in [0.05, 0.1) is 0 Å². The van der Waals surface area contributed by atoms with Crippen LogP contribution >= 0.6 is 0 Å². The molecule has 1 nitrogen and oxygen atoms in total. The summed E-state index contributed by atoms with van der Waals surface area (Å²) in [7, 11) is 0. The molecule has 2 N–H and O–H groups in total. The summed E-state index contributed by atoms with van der Waals surface area (Å²) < 4.78 is 0. The van der Waals surface area contributed by atoms with Crippen LogP contribution in [0.5, 0.6) is 0 Å². The quantitative estimate of drug-likeness (QED) is 0.681. The molecule has 58 valence electrons. The first-order valence-corrected chi connectivity index (χ1v) is 3.70. The molecule has 1 aromatic rings. The summed E-state index contributed by atoms with van der Waals surface area (Å²) in [6, 6.07) is 6.17. The molecule has 0 amide bonds. The second-order valence-corrected chi connectivity index (χ2v) is 2.59. The maximum Gasteiger partial charge on any atom is 0.0180 e. The van der Waals surface area contributed by atoms with Crippen molar-refractivity contribution in [3.05, 3.63) is 41.5 Å². The van der Waals surface area contributed by atoms with Crippen LogP contribution in [0.15, 0.2) is 24.8 Å². The molecule has 1 heteroatoms. The maximum absolute atomic E-state index is 5.52. The van der Waals surface area contributed by atoms with Gasteiger partial charge in [-0.15, -0.1) is 0 Å². The maximum atomic E-state index is 5.52. The Morgan fingerprint density at radius 2 is 2.27 bits per heavy atom. The van der Waals surface area contributed by atoms with Gasteiger partial charge in [0.15, 0.2) is 0 Å². The van der Waals surface area contributed by atoms with Crippen LogP contribution in [0.1, 0.15) is 16.7 Å². The van der Waals surface area contributed by atoms with Crippen LogP contribution in [0.3, 0.4) is 0 Å². The molecule has 0 bridgehead atoms. The van der Waals surface area contributed by atoms with E-state index in [0.29, 0.717) is 6.54 Å². The molecule has 0 aliphatic rings. The molecule has 1 rings (SSSR count). The van der Waals surface area contributed by atoms with Crippen LogP contribution in [-0.4, -0.2) is 0 Å². The van der Waals surface area contributed by atoms with Gasteiger partial charge in [-0.3, -0.25) is 0 Å². The van der Waals surface area contributed by atoms with Gasteiger partial charge in [0.2, 0.25) is 0 Å². The van der Waals surface area contributed by atoms with Crippen LogP contribution in [0.25, 0.3) is 6.08 Å². The lowest BCUT2D eigenvalue weighted by Gasteiger charge is -2.02. The summed E-state index contributed by atoms with van der Waals surface area (Å²) in [5.74, 6) is 0. The van der Waals surface area contributed by atoms with Gasteiger partial charge in [0.1, 0.15) is 0 Å². The Hall–Kier alpha value is -1.08. The van der Waals surface area contributed by atoms with Crippen LogP contribution in [0, 0.1) is 6.92 Å². The van der Waals surface area contributed by atoms with Crippen molar-refractivity contribution in [2.75, 3.05) is 0 Å². The van der Waals surface area contributed by atoms with Gasteiger partial charge < -0.3 is 5.73 Å². The van der Waals surface area contributed by atoms with Crippen molar-refractivity contribution < 1.29 is 0 Å². The standard InChI is InChI=1S/C10H13N/c1-3-9-4-5-10(7-11)8(2)6-9/h3-6H,1,7,11H2,2H3. The molecule has 0 aliphatic heterocycles. The zero-order chi connectivity index (χ0) is 8.27. The summed E-state index contributed by atoms with van der Waals surface area (Å²) >= 11 is 0. The first-order chi connectivity index (χ1) is 5.27. The molecule has 0 heterocycles. The number of nitrogens with two attached hydrogens (primary N) is 1. The van der Waals surface area contributed by atoms with Crippen molar-refractivity contribution in [2.24, 2.45) is 5.73 Å². The highest BCUT2D eigenvalue weighted by molar-refractivity contribution is 5.49. The smallest absolute Gasteiger partial charge is 0.0180 e. The fraction of sp³-hybridized carbons (Fsp3) is 0.200. The van der Waals surface area contributed by atoms with E-state index in [2.05, 4.69) is 19.6 Å². The highest BCUT2D eigenvalue weighted by Gasteiger charge is 1.94. The third kappa shape index (κ3) is 1.69.